The zero-order chi connectivity index (χ0) is 25.2. The van der Waals surface area contributed by atoms with E-state index in [2.05, 4.69) is 24.7 Å². The summed E-state index contributed by atoms with van der Waals surface area (Å²) < 4.78 is 59.8. The molecule has 0 saturated heterocycles. The highest BCUT2D eigenvalue weighted by molar-refractivity contribution is 7.89. The van der Waals surface area contributed by atoms with Gasteiger partial charge in [-0.2, -0.15) is 13.8 Å². The Balaban J connectivity index is 1.41. The van der Waals surface area contributed by atoms with Gasteiger partial charge in [0.1, 0.15) is 16.5 Å². The van der Waals surface area contributed by atoms with Crippen molar-refractivity contribution in [2.24, 2.45) is 0 Å². The van der Waals surface area contributed by atoms with Gasteiger partial charge in [0, 0.05) is 38.5 Å². The van der Waals surface area contributed by atoms with Gasteiger partial charge in [0.2, 0.25) is 16.0 Å². The molecule has 0 atom stereocenters. The number of hydrogen-bond donors (Lipinski definition) is 2. The second-order valence-electron chi connectivity index (χ2n) is 8.95. The van der Waals surface area contributed by atoms with E-state index in [0.717, 1.165) is 16.7 Å². The molecule has 0 bridgehead atoms. The number of fused-ring (bicyclic) bond motifs is 1. The van der Waals surface area contributed by atoms with Gasteiger partial charge in [-0.15, -0.1) is 0 Å². The summed E-state index contributed by atoms with van der Waals surface area (Å²) in [6.45, 7) is 0.568. The van der Waals surface area contributed by atoms with Crippen LogP contribution < -0.4 is 19.7 Å². The first-order valence-electron chi connectivity index (χ1n) is 11.4. The second kappa shape index (κ2) is 9.90. The van der Waals surface area contributed by atoms with Crippen LogP contribution in [0.15, 0.2) is 53.4 Å². The third-order valence-electron chi connectivity index (χ3n) is 5.82. The zero-order valence-electron chi connectivity index (χ0n) is 19.8. The molecule has 1 aromatic heterocycles. The Kier molecular flexibility index (Phi) is 7.09. The normalized spacial score (nSPS) is 18.9. The van der Waals surface area contributed by atoms with Crippen LogP contribution in [0.2, 0.25) is 0 Å². The molecule has 0 spiro atoms. The molecule has 8 nitrogen and oxygen atoms in total. The van der Waals surface area contributed by atoms with Gasteiger partial charge in [0.05, 0.1) is 5.52 Å². The summed E-state index contributed by atoms with van der Waals surface area (Å²) in [6.07, 6.45) is -0.930. The van der Waals surface area contributed by atoms with E-state index in [9.17, 15) is 17.2 Å². The van der Waals surface area contributed by atoms with Gasteiger partial charge >= 0.3 is 6.11 Å². The maximum absolute atomic E-state index is 13.4. The monoisotopic (exact) mass is 505 g/mol. The van der Waals surface area contributed by atoms with Crippen molar-refractivity contribution in [3.63, 3.8) is 0 Å². The molecule has 0 aliphatic heterocycles. The molecule has 0 amide bonds. The Morgan fingerprint density at radius 3 is 2.29 bits per heavy atom. The highest BCUT2D eigenvalue weighted by Crippen LogP contribution is 2.30. The van der Waals surface area contributed by atoms with Gasteiger partial charge in [-0.05, 0) is 49.9 Å². The summed E-state index contributed by atoms with van der Waals surface area (Å²) in [5, 5.41) is 4.35. The minimum atomic E-state index is -4.04. The van der Waals surface area contributed by atoms with Crippen molar-refractivity contribution in [3.05, 3.63) is 48.5 Å². The molecule has 3 aromatic rings. The van der Waals surface area contributed by atoms with Crippen molar-refractivity contribution in [2.75, 3.05) is 24.3 Å². The number of halogens is 2. The number of anilines is 2. The lowest BCUT2D eigenvalue weighted by Gasteiger charge is -2.30. The van der Waals surface area contributed by atoms with Gasteiger partial charge < -0.3 is 15.0 Å². The molecule has 1 saturated carbocycles. The molecule has 11 heteroatoms. The van der Waals surface area contributed by atoms with E-state index in [1.165, 1.54) is 24.3 Å². The maximum Gasteiger partial charge on any atom is 0.394 e. The van der Waals surface area contributed by atoms with Gasteiger partial charge in [-0.1, -0.05) is 24.3 Å². The molecule has 2 N–H and O–H groups in total. The standard InChI is InChI=1S/C24H29F2N5O3S/c1-24(25,26)34-20-10-6-7-11-21(20)35(32,33)30-17-14-12-16(13-15-17)27-23-28-19-9-5-4-8-18(19)22(29-23)31(2)3/h4-11,16-17,30H,12-15H2,1-3H3,(H,27,28,29). The first-order chi connectivity index (χ1) is 16.5. The highest BCUT2D eigenvalue weighted by Gasteiger charge is 2.31. The van der Waals surface area contributed by atoms with Crippen LogP contribution in [0.25, 0.3) is 10.9 Å². The maximum atomic E-state index is 13.4. The predicted octanol–water partition coefficient (Wildman–Crippen LogP) is 4.39. The molecule has 188 valence electrons. The third kappa shape index (κ3) is 6.15. The number of sulfonamides is 1. The summed E-state index contributed by atoms with van der Waals surface area (Å²) in [4.78, 5) is 10.9. The van der Waals surface area contributed by atoms with E-state index < -0.39 is 16.1 Å². The third-order valence-corrected chi connectivity index (χ3v) is 7.38. The Hall–Kier alpha value is -3.05. The lowest BCUT2D eigenvalue weighted by Crippen LogP contribution is -2.40. The summed E-state index contributed by atoms with van der Waals surface area (Å²) in [5.41, 5.74) is 0.841. The summed E-state index contributed by atoms with van der Waals surface area (Å²) in [6, 6.07) is 13.0. The largest absolute Gasteiger partial charge is 0.431 e. The average molecular weight is 506 g/mol. The van der Waals surface area contributed by atoms with Crippen molar-refractivity contribution in [3.8, 4) is 5.75 Å². The molecule has 1 aliphatic carbocycles. The molecule has 0 radical (unpaired) electrons. The molecular formula is C24H29F2N5O3S. The first kappa shape index (κ1) is 25.1. The first-order valence-corrected chi connectivity index (χ1v) is 12.9. The molecule has 1 fully saturated rings. The van der Waals surface area contributed by atoms with E-state index in [1.54, 1.807) is 0 Å². The SMILES string of the molecule is CN(C)c1nc(NC2CCC(NS(=O)(=O)c3ccccc3OC(C)(F)F)CC2)nc2ccccc12. The molecular weight excluding hydrogens is 476 g/mol. The number of aromatic nitrogens is 2. The molecule has 4 rings (SSSR count). The molecule has 1 heterocycles. The van der Waals surface area contributed by atoms with Crippen molar-refractivity contribution in [1.29, 1.82) is 0 Å². The van der Waals surface area contributed by atoms with Crippen LogP contribution in [-0.4, -0.2) is 50.7 Å². The summed E-state index contributed by atoms with van der Waals surface area (Å²) >= 11 is 0. The molecule has 1 aliphatic rings. The number of benzene rings is 2. The number of para-hydroxylation sites is 2. The number of alkyl halides is 2. The number of hydrogen-bond acceptors (Lipinski definition) is 7. The Bertz CT molecular complexity index is 1290. The molecule has 35 heavy (non-hydrogen) atoms. The number of ether oxygens (including phenoxy) is 1. The number of rotatable bonds is 8. The average Bonchev–Trinajstić information content (AvgIpc) is 2.79. The van der Waals surface area contributed by atoms with Crippen LogP contribution in [0.3, 0.4) is 0 Å². The van der Waals surface area contributed by atoms with Gasteiger partial charge in [-0.25, -0.2) is 18.1 Å². The Labute approximate surface area is 203 Å². The predicted molar refractivity (Wildman–Crippen MR) is 132 cm³/mol. The van der Waals surface area contributed by atoms with E-state index in [1.807, 2.05) is 43.3 Å². The number of nitrogens with one attached hydrogen (secondary N) is 2. The quantitative estimate of drug-likeness (QED) is 0.469. The van der Waals surface area contributed by atoms with Crippen LogP contribution >= 0.6 is 0 Å². The van der Waals surface area contributed by atoms with E-state index in [-0.39, 0.29) is 22.7 Å². The van der Waals surface area contributed by atoms with Crippen LogP contribution in [0.5, 0.6) is 5.75 Å². The van der Waals surface area contributed by atoms with Crippen molar-refractivity contribution in [2.45, 2.75) is 55.7 Å². The molecule has 2 aromatic carbocycles. The minimum Gasteiger partial charge on any atom is -0.431 e. The van der Waals surface area contributed by atoms with Gasteiger partial charge in [0.15, 0.2) is 0 Å². The summed E-state index contributed by atoms with van der Waals surface area (Å²) in [5.74, 6) is 0.967. The van der Waals surface area contributed by atoms with Crippen LogP contribution in [0.4, 0.5) is 20.5 Å². The Morgan fingerprint density at radius 1 is 0.971 bits per heavy atom. The van der Waals surface area contributed by atoms with Crippen molar-refractivity contribution >= 4 is 32.7 Å². The minimum absolute atomic E-state index is 0.0846. The fourth-order valence-electron chi connectivity index (χ4n) is 4.24. The van der Waals surface area contributed by atoms with E-state index >= 15 is 0 Å². The highest BCUT2D eigenvalue weighted by atomic mass is 32.2. The summed E-state index contributed by atoms with van der Waals surface area (Å²) in [7, 11) is -0.175. The zero-order valence-corrected chi connectivity index (χ0v) is 20.6. The van der Waals surface area contributed by atoms with Crippen LogP contribution in [0.1, 0.15) is 32.6 Å². The lowest BCUT2D eigenvalue weighted by molar-refractivity contribution is -0.160. The van der Waals surface area contributed by atoms with Gasteiger partial charge in [-0.3, -0.25) is 0 Å². The number of nitrogens with zero attached hydrogens (tertiary/aromatic N) is 3. The fourth-order valence-corrected chi connectivity index (χ4v) is 5.67. The fraction of sp³-hybridized carbons (Fsp3) is 0.417. The van der Waals surface area contributed by atoms with Crippen molar-refractivity contribution in [1.82, 2.24) is 14.7 Å². The van der Waals surface area contributed by atoms with E-state index in [0.29, 0.717) is 38.6 Å². The Morgan fingerprint density at radius 2 is 1.60 bits per heavy atom. The van der Waals surface area contributed by atoms with Gasteiger partial charge in [0.25, 0.3) is 0 Å². The molecule has 0 unspecified atom stereocenters. The topological polar surface area (TPSA) is 96.5 Å². The van der Waals surface area contributed by atoms with Crippen LogP contribution in [0, 0.1) is 0 Å². The second-order valence-corrected chi connectivity index (χ2v) is 10.6. The van der Waals surface area contributed by atoms with Crippen molar-refractivity contribution < 1.29 is 21.9 Å². The smallest absolute Gasteiger partial charge is 0.394 e. The lowest BCUT2D eigenvalue weighted by atomic mass is 9.92. The van der Waals surface area contributed by atoms with E-state index in [4.69, 9.17) is 0 Å². The van der Waals surface area contributed by atoms with Crippen LogP contribution in [-0.2, 0) is 10.0 Å².